The van der Waals surface area contributed by atoms with Gasteiger partial charge in [0.15, 0.2) is 0 Å². The van der Waals surface area contributed by atoms with Crippen molar-refractivity contribution >= 4 is 44.3 Å². The highest BCUT2D eigenvalue weighted by Crippen LogP contribution is 2.56. The van der Waals surface area contributed by atoms with Gasteiger partial charge in [0.1, 0.15) is 0 Å². The quantitative estimate of drug-likeness (QED) is 0.279. The van der Waals surface area contributed by atoms with Crippen LogP contribution in [0.3, 0.4) is 0 Å². The standard InChI is InChI=1S/C30H18/c1-2-10-21(11-3-1)28-29-23-13-7-5-9-20(23)15-17-25(29)27-18-26-22-12-6-4-8-19(22)14-16-24(26)30(27)28/h1-18H. The third-order valence-corrected chi connectivity index (χ3v) is 6.58. The van der Waals surface area contributed by atoms with Gasteiger partial charge in [0.2, 0.25) is 0 Å². The van der Waals surface area contributed by atoms with Gasteiger partial charge in [-0.2, -0.15) is 0 Å². The van der Waals surface area contributed by atoms with Gasteiger partial charge >= 0.3 is 0 Å². The minimum Gasteiger partial charge on any atom is -0.0622 e. The molecule has 0 heteroatoms. The van der Waals surface area contributed by atoms with Crippen LogP contribution in [0.25, 0.3) is 44.3 Å². The van der Waals surface area contributed by atoms with E-state index < -0.39 is 0 Å². The molecule has 0 spiro atoms. The summed E-state index contributed by atoms with van der Waals surface area (Å²) in [5.74, 6) is 0. The Morgan fingerprint density at radius 2 is 1.07 bits per heavy atom. The lowest BCUT2D eigenvalue weighted by Gasteiger charge is -2.13. The maximum atomic E-state index is 2.41. The second-order valence-electron chi connectivity index (χ2n) is 8.13. The van der Waals surface area contributed by atoms with Crippen LogP contribution < -0.4 is 0 Å². The van der Waals surface area contributed by atoms with Crippen molar-refractivity contribution < 1.29 is 0 Å². The number of rotatable bonds is 1. The van der Waals surface area contributed by atoms with Gasteiger partial charge in [-0.15, -0.1) is 0 Å². The van der Waals surface area contributed by atoms with Crippen molar-refractivity contribution in [3.05, 3.63) is 131 Å². The molecule has 0 nitrogen and oxygen atoms in total. The molecule has 0 heterocycles. The molecule has 138 valence electrons. The van der Waals surface area contributed by atoms with Crippen LogP contribution in [0.1, 0.15) is 27.8 Å². The van der Waals surface area contributed by atoms with Crippen molar-refractivity contribution in [3.8, 4) is 0 Å². The molecular formula is C30H18. The van der Waals surface area contributed by atoms with Gasteiger partial charge in [-0.05, 0) is 72.2 Å². The maximum Gasteiger partial charge on any atom is -0.00137 e. The minimum absolute atomic E-state index is 1.29. The second-order valence-corrected chi connectivity index (χ2v) is 8.13. The third kappa shape index (κ3) is 2.00. The van der Waals surface area contributed by atoms with Gasteiger partial charge < -0.3 is 0 Å². The van der Waals surface area contributed by atoms with Crippen LogP contribution in [-0.2, 0) is 0 Å². The highest BCUT2D eigenvalue weighted by molar-refractivity contribution is 6.34. The van der Waals surface area contributed by atoms with E-state index in [-0.39, 0.29) is 0 Å². The molecule has 0 N–H and O–H groups in total. The third-order valence-electron chi connectivity index (χ3n) is 6.58. The molecule has 5 aromatic rings. The molecule has 0 saturated heterocycles. The molecule has 30 heavy (non-hydrogen) atoms. The van der Waals surface area contributed by atoms with Gasteiger partial charge in [0, 0.05) is 0 Å². The van der Waals surface area contributed by atoms with E-state index in [0.29, 0.717) is 0 Å². The van der Waals surface area contributed by atoms with Gasteiger partial charge in [0.25, 0.3) is 0 Å². The molecule has 0 atom stereocenters. The molecular weight excluding hydrogens is 360 g/mol. The molecule has 0 radical (unpaired) electrons. The Labute approximate surface area is 175 Å². The predicted molar refractivity (Wildman–Crippen MR) is 128 cm³/mol. The normalized spacial score (nSPS) is 14.1. The smallest absolute Gasteiger partial charge is 0.00137 e. The monoisotopic (exact) mass is 378 g/mol. The van der Waals surface area contributed by atoms with Gasteiger partial charge in [0.05, 0.1) is 0 Å². The van der Waals surface area contributed by atoms with Crippen LogP contribution in [-0.4, -0.2) is 0 Å². The zero-order valence-electron chi connectivity index (χ0n) is 16.4. The highest BCUT2D eigenvalue weighted by atomic mass is 14.4. The zero-order chi connectivity index (χ0) is 19.7. The van der Waals surface area contributed by atoms with Crippen LogP contribution >= 0.6 is 0 Å². The molecule has 0 bridgehead atoms. The number of fused-ring (bicyclic) bond motifs is 9. The summed E-state index contributed by atoms with van der Waals surface area (Å²) in [4.78, 5) is 0. The molecule has 7 rings (SSSR count). The fraction of sp³-hybridized carbons (Fsp3) is 0. The molecule has 0 unspecified atom stereocenters. The first-order valence-corrected chi connectivity index (χ1v) is 10.5. The van der Waals surface area contributed by atoms with Gasteiger partial charge in [-0.25, -0.2) is 0 Å². The fourth-order valence-corrected chi connectivity index (χ4v) is 5.30. The van der Waals surface area contributed by atoms with Gasteiger partial charge in [-0.3, -0.25) is 0 Å². The lowest BCUT2D eigenvalue weighted by molar-refractivity contribution is 1.58. The summed E-state index contributed by atoms with van der Waals surface area (Å²) >= 11 is 0. The Bertz CT molecular complexity index is 1560. The van der Waals surface area contributed by atoms with Crippen molar-refractivity contribution in [1.29, 1.82) is 0 Å². The predicted octanol–water partition coefficient (Wildman–Crippen LogP) is 7.82. The molecule has 0 aromatic heterocycles. The second kappa shape index (κ2) is 5.81. The molecule has 0 saturated carbocycles. The number of hydrogen-bond donors (Lipinski definition) is 0. The van der Waals surface area contributed by atoms with E-state index in [0.717, 1.165) is 0 Å². The van der Waals surface area contributed by atoms with E-state index in [1.54, 1.807) is 0 Å². The SMILES string of the molecule is C1=C2C(=C(c3ccccc3)c3c2ccc2ccccc32)c2ccc3ccccc3c21. The number of allylic oxidation sites excluding steroid dienone is 2. The van der Waals surface area contributed by atoms with Crippen molar-refractivity contribution in [2.75, 3.05) is 0 Å². The summed E-state index contributed by atoms with van der Waals surface area (Å²) in [6, 6.07) is 37.5. The van der Waals surface area contributed by atoms with E-state index in [1.807, 2.05) is 0 Å². The minimum atomic E-state index is 1.29. The molecule has 0 amide bonds. The maximum absolute atomic E-state index is 2.41. The summed E-state index contributed by atoms with van der Waals surface area (Å²) in [6.07, 6.45) is 2.41. The summed E-state index contributed by atoms with van der Waals surface area (Å²) < 4.78 is 0. The van der Waals surface area contributed by atoms with Crippen LogP contribution in [0, 0.1) is 0 Å². The summed E-state index contributed by atoms with van der Waals surface area (Å²) in [7, 11) is 0. The Balaban J connectivity index is 1.65. The molecule has 2 aliphatic carbocycles. The number of benzene rings is 5. The largest absolute Gasteiger partial charge is 0.0622 e. The lowest BCUT2D eigenvalue weighted by atomic mass is 9.90. The van der Waals surface area contributed by atoms with Gasteiger partial charge in [-0.1, -0.05) is 103 Å². The first-order chi connectivity index (χ1) is 14.9. The van der Waals surface area contributed by atoms with E-state index >= 15 is 0 Å². The van der Waals surface area contributed by atoms with E-state index in [2.05, 4.69) is 109 Å². The Morgan fingerprint density at radius 3 is 1.87 bits per heavy atom. The van der Waals surface area contributed by atoms with Crippen LogP contribution in [0.2, 0.25) is 0 Å². The van der Waals surface area contributed by atoms with Crippen molar-refractivity contribution in [3.63, 3.8) is 0 Å². The van der Waals surface area contributed by atoms with Crippen molar-refractivity contribution in [1.82, 2.24) is 0 Å². The van der Waals surface area contributed by atoms with E-state index in [4.69, 9.17) is 0 Å². The van der Waals surface area contributed by atoms with Crippen molar-refractivity contribution in [2.45, 2.75) is 0 Å². The Hall–Kier alpha value is -3.90. The Morgan fingerprint density at radius 1 is 0.433 bits per heavy atom. The fourth-order valence-electron chi connectivity index (χ4n) is 5.30. The Kier molecular flexibility index (Phi) is 3.09. The molecule has 5 aromatic carbocycles. The zero-order valence-corrected chi connectivity index (χ0v) is 16.4. The summed E-state index contributed by atoms with van der Waals surface area (Å²) in [6.45, 7) is 0. The topological polar surface area (TPSA) is 0 Å². The van der Waals surface area contributed by atoms with Crippen molar-refractivity contribution in [2.24, 2.45) is 0 Å². The van der Waals surface area contributed by atoms with Crippen LogP contribution in [0.15, 0.2) is 103 Å². The summed E-state index contributed by atoms with van der Waals surface area (Å²) in [5, 5.41) is 5.26. The first kappa shape index (κ1) is 16.0. The molecule has 2 aliphatic rings. The van der Waals surface area contributed by atoms with E-state index in [1.165, 1.54) is 66.1 Å². The first-order valence-electron chi connectivity index (χ1n) is 10.5. The highest BCUT2D eigenvalue weighted by Gasteiger charge is 2.34. The molecule has 0 fully saturated rings. The average molecular weight is 378 g/mol. The molecule has 0 aliphatic heterocycles. The van der Waals surface area contributed by atoms with Crippen LogP contribution in [0.5, 0.6) is 0 Å². The number of hydrogen-bond acceptors (Lipinski definition) is 0. The lowest BCUT2D eigenvalue weighted by Crippen LogP contribution is -1.92. The average Bonchev–Trinajstić information content (AvgIpc) is 3.35. The van der Waals surface area contributed by atoms with E-state index in [9.17, 15) is 0 Å². The van der Waals surface area contributed by atoms with Crippen LogP contribution in [0.4, 0.5) is 0 Å². The summed E-state index contributed by atoms with van der Waals surface area (Å²) in [5.41, 5.74) is 10.8.